The lowest BCUT2D eigenvalue weighted by atomic mass is 10.1. The van der Waals surface area contributed by atoms with E-state index in [1.807, 2.05) is 18.2 Å². The molecule has 4 heteroatoms. The molecule has 1 aromatic heterocycles. The maximum absolute atomic E-state index is 4.74. The molecule has 0 radical (unpaired) electrons. The zero-order valence-corrected chi connectivity index (χ0v) is 14.1. The van der Waals surface area contributed by atoms with Gasteiger partial charge in [0.05, 0.1) is 9.26 Å². The van der Waals surface area contributed by atoms with Crippen molar-refractivity contribution in [3.8, 4) is 11.3 Å². The zero-order valence-electron chi connectivity index (χ0n) is 12.0. The Morgan fingerprint density at radius 1 is 1.05 bits per heavy atom. The molecule has 106 valence electrons. The first-order valence-electron chi connectivity index (χ1n) is 7.12. The lowest BCUT2D eigenvalue weighted by Crippen LogP contribution is -2.09. The topological polar surface area (TPSA) is 37.8 Å². The Balaban J connectivity index is 2.46. The molecule has 0 atom stereocenters. The summed E-state index contributed by atoms with van der Waals surface area (Å²) >= 11 is 2.34. The first-order chi connectivity index (χ1) is 9.76. The number of nitrogens with one attached hydrogen (secondary N) is 1. The van der Waals surface area contributed by atoms with Gasteiger partial charge in [-0.2, -0.15) is 0 Å². The van der Waals surface area contributed by atoms with Gasteiger partial charge in [0, 0.05) is 18.5 Å². The van der Waals surface area contributed by atoms with Crippen molar-refractivity contribution in [2.24, 2.45) is 0 Å². The molecule has 20 heavy (non-hydrogen) atoms. The van der Waals surface area contributed by atoms with E-state index in [9.17, 15) is 0 Å². The van der Waals surface area contributed by atoms with E-state index in [1.54, 1.807) is 0 Å². The number of halogens is 1. The summed E-state index contributed by atoms with van der Waals surface area (Å²) in [6, 6.07) is 10.3. The number of nitrogens with zero attached hydrogens (tertiary/aromatic N) is 2. The monoisotopic (exact) mass is 381 g/mol. The summed E-state index contributed by atoms with van der Waals surface area (Å²) in [5.74, 6) is 1.88. The molecular weight excluding hydrogens is 361 g/mol. The van der Waals surface area contributed by atoms with E-state index >= 15 is 0 Å². The normalized spacial score (nSPS) is 10.6. The van der Waals surface area contributed by atoms with E-state index in [2.05, 4.69) is 58.9 Å². The van der Waals surface area contributed by atoms with E-state index in [4.69, 9.17) is 4.98 Å². The zero-order chi connectivity index (χ0) is 14.4. The van der Waals surface area contributed by atoms with Crippen LogP contribution < -0.4 is 5.32 Å². The Kier molecular flexibility index (Phi) is 5.76. The number of rotatable bonds is 6. The summed E-state index contributed by atoms with van der Waals surface area (Å²) in [5, 5.41) is 3.41. The van der Waals surface area contributed by atoms with E-state index in [0.29, 0.717) is 0 Å². The van der Waals surface area contributed by atoms with Crippen LogP contribution in [0.3, 0.4) is 0 Å². The van der Waals surface area contributed by atoms with Gasteiger partial charge in [-0.1, -0.05) is 44.2 Å². The lowest BCUT2D eigenvalue weighted by Gasteiger charge is -2.12. The first-order valence-corrected chi connectivity index (χ1v) is 8.19. The Bertz CT molecular complexity index is 555. The third-order valence-corrected chi connectivity index (χ3v) is 3.98. The highest BCUT2D eigenvalue weighted by Crippen LogP contribution is 2.28. The number of aryl methyl sites for hydroxylation is 1. The van der Waals surface area contributed by atoms with Crippen molar-refractivity contribution < 1.29 is 0 Å². The van der Waals surface area contributed by atoms with E-state index < -0.39 is 0 Å². The minimum atomic E-state index is 0.914. The second-order valence-electron chi connectivity index (χ2n) is 4.69. The quantitative estimate of drug-likeness (QED) is 0.748. The summed E-state index contributed by atoms with van der Waals surface area (Å²) in [6.07, 6.45) is 3.06. The second-order valence-corrected chi connectivity index (χ2v) is 5.77. The maximum Gasteiger partial charge on any atom is 0.143 e. The minimum absolute atomic E-state index is 0.914. The molecule has 1 N–H and O–H groups in total. The number of aromatic nitrogens is 2. The van der Waals surface area contributed by atoms with Crippen LogP contribution in [-0.4, -0.2) is 16.5 Å². The van der Waals surface area contributed by atoms with Gasteiger partial charge in [0.2, 0.25) is 0 Å². The second kappa shape index (κ2) is 7.57. The van der Waals surface area contributed by atoms with Crippen LogP contribution in [0.4, 0.5) is 5.82 Å². The van der Waals surface area contributed by atoms with Gasteiger partial charge in [-0.3, -0.25) is 0 Å². The highest BCUT2D eigenvalue weighted by Gasteiger charge is 2.13. The molecule has 0 aliphatic rings. The van der Waals surface area contributed by atoms with Crippen molar-refractivity contribution in [3.63, 3.8) is 0 Å². The SMILES string of the molecule is CCCNc1nc(CCC)nc(-c2ccccc2)c1I. The molecule has 0 bridgehead atoms. The minimum Gasteiger partial charge on any atom is -0.369 e. The van der Waals surface area contributed by atoms with Crippen LogP contribution in [0.25, 0.3) is 11.3 Å². The Labute approximate surface area is 134 Å². The summed E-state index contributed by atoms with van der Waals surface area (Å²) in [5.41, 5.74) is 2.18. The van der Waals surface area contributed by atoms with Crippen molar-refractivity contribution in [3.05, 3.63) is 39.7 Å². The predicted octanol–water partition coefficient (Wildman–Crippen LogP) is 4.52. The van der Waals surface area contributed by atoms with Crippen LogP contribution in [0.5, 0.6) is 0 Å². The molecule has 2 aromatic rings. The third kappa shape index (κ3) is 3.69. The van der Waals surface area contributed by atoms with Crippen molar-refractivity contribution in [2.75, 3.05) is 11.9 Å². The third-order valence-electron chi connectivity index (χ3n) is 2.96. The van der Waals surface area contributed by atoms with E-state index in [1.165, 1.54) is 0 Å². The van der Waals surface area contributed by atoms with E-state index in [-0.39, 0.29) is 0 Å². The van der Waals surface area contributed by atoms with Gasteiger partial charge >= 0.3 is 0 Å². The van der Waals surface area contributed by atoms with Crippen molar-refractivity contribution in [2.45, 2.75) is 33.1 Å². The molecule has 1 aromatic carbocycles. The van der Waals surface area contributed by atoms with Crippen LogP contribution in [0.1, 0.15) is 32.5 Å². The molecule has 3 nitrogen and oxygen atoms in total. The highest BCUT2D eigenvalue weighted by atomic mass is 127. The smallest absolute Gasteiger partial charge is 0.143 e. The number of benzene rings is 1. The molecule has 0 spiro atoms. The molecule has 0 saturated heterocycles. The molecule has 0 aliphatic carbocycles. The highest BCUT2D eigenvalue weighted by molar-refractivity contribution is 14.1. The molecule has 0 aliphatic heterocycles. The lowest BCUT2D eigenvalue weighted by molar-refractivity contribution is 0.831. The largest absolute Gasteiger partial charge is 0.369 e. The fourth-order valence-corrected chi connectivity index (χ4v) is 2.72. The average molecular weight is 381 g/mol. The van der Waals surface area contributed by atoms with Crippen LogP contribution in [-0.2, 0) is 6.42 Å². The van der Waals surface area contributed by atoms with Gasteiger partial charge in [-0.15, -0.1) is 0 Å². The molecule has 0 saturated carbocycles. The van der Waals surface area contributed by atoms with Gasteiger partial charge in [0.25, 0.3) is 0 Å². The van der Waals surface area contributed by atoms with Gasteiger partial charge in [-0.25, -0.2) is 9.97 Å². The van der Waals surface area contributed by atoms with Crippen LogP contribution in [0.15, 0.2) is 30.3 Å². The fourth-order valence-electron chi connectivity index (χ4n) is 1.98. The van der Waals surface area contributed by atoms with Crippen LogP contribution >= 0.6 is 22.6 Å². The van der Waals surface area contributed by atoms with Gasteiger partial charge in [0.15, 0.2) is 0 Å². The Morgan fingerprint density at radius 2 is 1.80 bits per heavy atom. The van der Waals surface area contributed by atoms with E-state index in [0.717, 1.165) is 52.3 Å². The van der Waals surface area contributed by atoms with Gasteiger partial charge in [0.1, 0.15) is 11.6 Å². The standard InChI is InChI=1S/C16H20IN3/c1-3-8-13-19-15(12-9-6-5-7-10-12)14(17)16(20-13)18-11-4-2/h5-7,9-10H,3-4,8,11H2,1-2H3,(H,18,19,20). The molecule has 0 fully saturated rings. The fraction of sp³-hybridized carbons (Fsp3) is 0.375. The molecule has 2 rings (SSSR count). The maximum atomic E-state index is 4.74. The Hall–Kier alpha value is -1.17. The molecular formula is C16H20IN3. The number of anilines is 1. The average Bonchev–Trinajstić information content (AvgIpc) is 2.48. The van der Waals surface area contributed by atoms with Crippen molar-refractivity contribution >= 4 is 28.4 Å². The summed E-state index contributed by atoms with van der Waals surface area (Å²) in [4.78, 5) is 9.40. The van der Waals surface area contributed by atoms with Crippen LogP contribution in [0.2, 0.25) is 0 Å². The summed E-state index contributed by atoms with van der Waals surface area (Å²) in [7, 11) is 0. The van der Waals surface area contributed by atoms with Crippen LogP contribution in [0, 0.1) is 3.57 Å². The Morgan fingerprint density at radius 3 is 2.45 bits per heavy atom. The molecule has 0 unspecified atom stereocenters. The van der Waals surface area contributed by atoms with Gasteiger partial charge < -0.3 is 5.32 Å². The van der Waals surface area contributed by atoms with Gasteiger partial charge in [-0.05, 0) is 35.4 Å². The van der Waals surface area contributed by atoms with Crippen molar-refractivity contribution in [1.82, 2.24) is 9.97 Å². The summed E-state index contributed by atoms with van der Waals surface area (Å²) in [6.45, 7) is 5.25. The number of hydrogen-bond acceptors (Lipinski definition) is 3. The molecule has 1 heterocycles. The molecule has 0 amide bonds. The summed E-state index contributed by atoms with van der Waals surface area (Å²) < 4.78 is 1.10. The first kappa shape index (κ1) is 15.2. The predicted molar refractivity (Wildman–Crippen MR) is 93.0 cm³/mol. The number of hydrogen-bond donors (Lipinski definition) is 1. The van der Waals surface area contributed by atoms with Crippen molar-refractivity contribution in [1.29, 1.82) is 0 Å².